The van der Waals surface area contributed by atoms with E-state index in [4.69, 9.17) is 20.4 Å². The molecule has 0 radical (unpaired) electrons. The Hall–Kier alpha value is -1.71. The summed E-state index contributed by atoms with van der Waals surface area (Å²) in [5, 5.41) is 38.2. The number of aliphatic hydroxyl groups excluding tert-OH is 1. The maximum Gasteiger partial charge on any atom is 0.332 e. The smallest absolute Gasteiger partial charge is 0.332 e. The van der Waals surface area contributed by atoms with Crippen molar-refractivity contribution in [2.24, 2.45) is 0 Å². The highest BCUT2D eigenvalue weighted by molar-refractivity contribution is 5.75. The summed E-state index contributed by atoms with van der Waals surface area (Å²) in [6, 6.07) is -1.45. The number of hydrogen-bond acceptors (Lipinski definition) is 6. The number of nitrogens with one attached hydrogen (secondary N) is 1. The van der Waals surface area contributed by atoms with E-state index in [1.807, 2.05) is 0 Å². The highest BCUT2D eigenvalue weighted by Gasteiger charge is 2.34. The zero-order chi connectivity index (χ0) is 16.0. The Kier molecular flexibility index (Phi) is 6.53. The largest absolute Gasteiger partial charge is 0.480 e. The third kappa shape index (κ3) is 5.29. The van der Waals surface area contributed by atoms with E-state index in [1.54, 1.807) is 4.90 Å². The Labute approximate surface area is 121 Å². The zero-order valence-corrected chi connectivity index (χ0v) is 11.4. The molecule has 1 heterocycles. The molecule has 1 aliphatic heterocycles. The van der Waals surface area contributed by atoms with Gasteiger partial charge in [0, 0.05) is 13.1 Å². The highest BCUT2D eigenvalue weighted by Crippen LogP contribution is 2.17. The average molecular weight is 304 g/mol. The third-order valence-electron chi connectivity index (χ3n) is 3.51. The summed E-state index contributed by atoms with van der Waals surface area (Å²) in [5.41, 5.74) is 0. The van der Waals surface area contributed by atoms with Crippen LogP contribution < -0.4 is 5.32 Å². The quantitative estimate of drug-likeness (QED) is 0.322. The van der Waals surface area contributed by atoms with Crippen LogP contribution in [0.1, 0.15) is 19.3 Å². The fraction of sp³-hybridized carbons (Fsp3) is 0.750. The van der Waals surface area contributed by atoms with E-state index >= 15 is 0 Å². The summed E-state index contributed by atoms with van der Waals surface area (Å²) < 4.78 is 0. The number of aliphatic hydroxyl groups is 1. The highest BCUT2D eigenvalue weighted by atomic mass is 16.4. The number of likely N-dealkylation sites (tertiary alicyclic amines) is 1. The Morgan fingerprint density at radius 2 is 1.81 bits per heavy atom. The fourth-order valence-electron chi connectivity index (χ4n) is 2.11. The summed E-state index contributed by atoms with van der Waals surface area (Å²) in [6.07, 6.45) is -0.854. The maximum atomic E-state index is 11.1. The average Bonchev–Trinajstić information content (AvgIpc) is 2.34. The lowest BCUT2D eigenvalue weighted by Gasteiger charge is -2.38. The van der Waals surface area contributed by atoms with Gasteiger partial charge in [0.2, 0.25) is 0 Å². The first-order valence-electron chi connectivity index (χ1n) is 6.67. The van der Waals surface area contributed by atoms with Gasteiger partial charge in [0.05, 0.1) is 0 Å². The van der Waals surface area contributed by atoms with Crippen LogP contribution in [0.3, 0.4) is 0 Å². The monoisotopic (exact) mass is 304 g/mol. The predicted molar refractivity (Wildman–Crippen MR) is 69.9 cm³/mol. The summed E-state index contributed by atoms with van der Waals surface area (Å²) >= 11 is 0. The van der Waals surface area contributed by atoms with Crippen molar-refractivity contribution in [2.45, 2.75) is 37.5 Å². The van der Waals surface area contributed by atoms with E-state index in [2.05, 4.69) is 5.32 Å². The number of carboxylic acids is 3. The molecule has 1 saturated heterocycles. The number of rotatable bonds is 10. The van der Waals surface area contributed by atoms with E-state index in [0.29, 0.717) is 19.5 Å². The van der Waals surface area contributed by atoms with Gasteiger partial charge in [-0.1, -0.05) is 0 Å². The van der Waals surface area contributed by atoms with Gasteiger partial charge in [-0.2, -0.15) is 0 Å². The minimum Gasteiger partial charge on any atom is -0.480 e. The third-order valence-corrected chi connectivity index (χ3v) is 3.51. The Balaban J connectivity index is 2.32. The molecule has 9 heteroatoms. The van der Waals surface area contributed by atoms with E-state index < -0.39 is 36.1 Å². The number of carbonyl (C=O) groups is 3. The van der Waals surface area contributed by atoms with Gasteiger partial charge < -0.3 is 25.7 Å². The summed E-state index contributed by atoms with van der Waals surface area (Å²) in [4.78, 5) is 34.0. The molecular formula is C12H20N2O7. The standard InChI is InChI=1S/C12H20N2O7/c15-9(12(20)21)1-4-13-7(10(16)17)2-5-14-6-3-8(14)11(18)19/h7-9,13,15H,1-6H2,(H,16,17)(H,18,19)(H,20,21)/t7-,8+,9-/m0/s1. The van der Waals surface area contributed by atoms with Crippen LogP contribution in [0, 0.1) is 0 Å². The van der Waals surface area contributed by atoms with Crippen LogP contribution in [0.5, 0.6) is 0 Å². The van der Waals surface area contributed by atoms with Gasteiger partial charge in [-0.15, -0.1) is 0 Å². The van der Waals surface area contributed by atoms with E-state index in [9.17, 15) is 14.4 Å². The predicted octanol–water partition coefficient (Wildman–Crippen LogP) is -1.59. The van der Waals surface area contributed by atoms with Gasteiger partial charge >= 0.3 is 17.9 Å². The lowest BCUT2D eigenvalue weighted by Crippen LogP contribution is -2.54. The molecule has 0 aromatic rings. The fourth-order valence-corrected chi connectivity index (χ4v) is 2.11. The Bertz CT molecular complexity index is 401. The lowest BCUT2D eigenvalue weighted by atomic mass is 10.0. The molecule has 5 N–H and O–H groups in total. The molecule has 0 unspecified atom stereocenters. The van der Waals surface area contributed by atoms with Crippen LogP contribution >= 0.6 is 0 Å². The van der Waals surface area contributed by atoms with Gasteiger partial charge in [0.15, 0.2) is 6.10 Å². The summed E-state index contributed by atoms with van der Waals surface area (Å²) in [5.74, 6) is -3.36. The normalized spacial score (nSPS) is 21.3. The van der Waals surface area contributed by atoms with E-state index in [0.717, 1.165) is 0 Å². The van der Waals surface area contributed by atoms with Crippen molar-refractivity contribution >= 4 is 17.9 Å². The number of nitrogens with zero attached hydrogens (tertiary/aromatic N) is 1. The van der Waals surface area contributed by atoms with Gasteiger partial charge in [-0.05, 0) is 25.8 Å². The van der Waals surface area contributed by atoms with Gasteiger partial charge in [-0.3, -0.25) is 14.5 Å². The molecule has 0 spiro atoms. The molecule has 0 amide bonds. The van der Waals surface area contributed by atoms with Gasteiger partial charge in [-0.25, -0.2) is 4.79 Å². The molecule has 0 aromatic heterocycles. The molecule has 1 fully saturated rings. The SMILES string of the molecule is O=C(O)[C@H](CCN1CC[C@@H]1C(=O)O)NCC[C@H](O)C(=O)O. The van der Waals surface area contributed by atoms with Crippen LogP contribution in [0.4, 0.5) is 0 Å². The van der Waals surface area contributed by atoms with Crippen LogP contribution in [0.25, 0.3) is 0 Å². The Morgan fingerprint density at radius 1 is 1.14 bits per heavy atom. The van der Waals surface area contributed by atoms with Crippen molar-refractivity contribution in [3.8, 4) is 0 Å². The topological polar surface area (TPSA) is 147 Å². The second kappa shape index (κ2) is 7.91. The van der Waals surface area contributed by atoms with E-state index in [-0.39, 0.29) is 19.4 Å². The van der Waals surface area contributed by atoms with Crippen molar-refractivity contribution in [3.05, 3.63) is 0 Å². The van der Waals surface area contributed by atoms with Crippen LogP contribution in [-0.4, -0.2) is 81.1 Å². The molecule has 0 aromatic carbocycles. The summed E-state index contributed by atoms with van der Waals surface area (Å²) in [7, 11) is 0. The minimum atomic E-state index is -1.53. The van der Waals surface area contributed by atoms with Crippen LogP contribution in [0.15, 0.2) is 0 Å². The number of carboxylic acid groups (broad SMARTS) is 3. The number of aliphatic carboxylic acids is 3. The Morgan fingerprint density at radius 3 is 2.24 bits per heavy atom. The molecule has 3 atom stereocenters. The molecule has 9 nitrogen and oxygen atoms in total. The molecule has 0 aliphatic carbocycles. The first kappa shape index (κ1) is 17.3. The first-order valence-corrected chi connectivity index (χ1v) is 6.67. The molecule has 0 bridgehead atoms. The zero-order valence-electron chi connectivity index (χ0n) is 11.4. The van der Waals surface area contributed by atoms with Gasteiger partial charge in [0.1, 0.15) is 12.1 Å². The second-order valence-electron chi connectivity index (χ2n) is 4.96. The maximum absolute atomic E-state index is 11.1. The van der Waals surface area contributed by atoms with Crippen LogP contribution in [-0.2, 0) is 14.4 Å². The van der Waals surface area contributed by atoms with Crippen molar-refractivity contribution in [1.82, 2.24) is 10.2 Å². The summed E-state index contributed by atoms with van der Waals surface area (Å²) in [6.45, 7) is 1.01. The van der Waals surface area contributed by atoms with Gasteiger partial charge in [0.25, 0.3) is 0 Å². The lowest BCUT2D eigenvalue weighted by molar-refractivity contribution is -0.148. The number of hydrogen-bond donors (Lipinski definition) is 5. The molecule has 1 aliphatic rings. The molecule has 0 saturated carbocycles. The van der Waals surface area contributed by atoms with Crippen molar-refractivity contribution in [2.75, 3.05) is 19.6 Å². The molecule has 21 heavy (non-hydrogen) atoms. The minimum absolute atomic E-state index is 0.0484. The molecule has 1 rings (SSSR count). The second-order valence-corrected chi connectivity index (χ2v) is 4.96. The van der Waals surface area contributed by atoms with E-state index in [1.165, 1.54) is 0 Å². The van der Waals surface area contributed by atoms with Crippen LogP contribution in [0.2, 0.25) is 0 Å². The first-order chi connectivity index (χ1) is 9.82. The van der Waals surface area contributed by atoms with Crippen molar-refractivity contribution in [3.63, 3.8) is 0 Å². The molecular weight excluding hydrogens is 284 g/mol. The van der Waals surface area contributed by atoms with Crippen molar-refractivity contribution in [1.29, 1.82) is 0 Å². The van der Waals surface area contributed by atoms with Crippen molar-refractivity contribution < 1.29 is 34.8 Å². The molecule has 120 valence electrons.